The second-order valence-electron chi connectivity index (χ2n) is 6.65. The Bertz CT molecular complexity index is 956. The van der Waals surface area contributed by atoms with E-state index in [0.717, 1.165) is 16.6 Å². The summed E-state index contributed by atoms with van der Waals surface area (Å²) in [6.07, 6.45) is -0.122. The van der Waals surface area contributed by atoms with Gasteiger partial charge in [-0.1, -0.05) is 18.2 Å². The Morgan fingerprint density at radius 3 is 2.36 bits per heavy atom. The fraction of sp³-hybridized carbons (Fsp3) is 0.286. The first kappa shape index (κ1) is 18.3. The number of fused-ring (bicyclic) bond motifs is 1. The molecule has 2 heterocycles. The minimum atomic E-state index is -0.362. The van der Waals surface area contributed by atoms with Gasteiger partial charge >= 0.3 is 0 Å². The average Bonchev–Trinajstić information content (AvgIpc) is 3.38. The summed E-state index contributed by atoms with van der Waals surface area (Å²) in [4.78, 5) is 16.5. The first-order valence-corrected chi connectivity index (χ1v) is 9.06. The maximum absolute atomic E-state index is 13.1. The summed E-state index contributed by atoms with van der Waals surface area (Å²) in [5.74, 6) is 1.35. The number of para-hydroxylation sites is 1. The van der Waals surface area contributed by atoms with Gasteiger partial charge in [-0.2, -0.15) is 0 Å². The van der Waals surface area contributed by atoms with Crippen molar-refractivity contribution in [2.24, 2.45) is 0 Å². The first-order valence-electron chi connectivity index (χ1n) is 9.06. The van der Waals surface area contributed by atoms with E-state index in [9.17, 15) is 4.79 Å². The van der Waals surface area contributed by atoms with Gasteiger partial charge in [-0.05, 0) is 29.7 Å². The van der Waals surface area contributed by atoms with Crippen molar-refractivity contribution < 1.29 is 19.0 Å². The zero-order chi connectivity index (χ0) is 19.7. The molecule has 146 valence electrons. The number of Topliss-reactive ketones (excluding diaryl/α,β-unsaturated/α-hetero) is 1. The Balaban J connectivity index is 1.56. The number of carbonyl (C=O) groups excluding carboxylic acids is 1. The second-order valence-corrected chi connectivity index (χ2v) is 6.65. The molecule has 3 aromatic rings. The first-order chi connectivity index (χ1) is 13.6. The molecule has 0 bridgehead atoms. The lowest BCUT2D eigenvalue weighted by molar-refractivity contribution is 0.0954. The molecule has 2 atom stereocenters. The van der Waals surface area contributed by atoms with Crippen LogP contribution in [0.2, 0.25) is 0 Å². The molecular formula is C21H23N3O4. The molecule has 28 heavy (non-hydrogen) atoms. The molecule has 0 radical (unpaired) electrons. The molecule has 1 fully saturated rings. The van der Waals surface area contributed by atoms with E-state index in [1.807, 2.05) is 18.2 Å². The van der Waals surface area contributed by atoms with Crippen molar-refractivity contribution in [1.29, 1.82) is 0 Å². The number of aromatic amines is 1. The van der Waals surface area contributed by atoms with E-state index in [1.54, 1.807) is 12.1 Å². The normalized spacial score (nSPS) is 19.0. The molecule has 1 aliphatic rings. The van der Waals surface area contributed by atoms with E-state index < -0.39 is 0 Å². The van der Waals surface area contributed by atoms with E-state index >= 15 is 0 Å². The number of methoxy groups -OCH3 is 3. The van der Waals surface area contributed by atoms with Gasteiger partial charge in [-0.15, -0.1) is 0 Å². The fourth-order valence-electron chi connectivity index (χ4n) is 3.60. The van der Waals surface area contributed by atoms with Gasteiger partial charge in [-0.3, -0.25) is 15.4 Å². The zero-order valence-electron chi connectivity index (χ0n) is 16.0. The Morgan fingerprint density at radius 2 is 1.71 bits per heavy atom. The third-order valence-corrected chi connectivity index (χ3v) is 5.02. The number of carbonyl (C=O) groups is 1. The maximum Gasteiger partial charge on any atom is 0.203 e. The Kier molecular flexibility index (Phi) is 4.93. The standard InChI is InChI=1S/C21H23N3O4/c1-26-17-9-13(10-18(27-2)20(17)28-3)19(25)16-11-22-21(24-16)15-8-12-6-4-5-7-14(12)23-15/h4-10,16,21-24H,11H2,1-3H3. The van der Waals surface area contributed by atoms with Crippen LogP contribution in [0.4, 0.5) is 0 Å². The predicted octanol–water partition coefficient (Wildman–Crippen LogP) is 2.64. The number of rotatable bonds is 6. The van der Waals surface area contributed by atoms with Crippen LogP contribution in [0.15, 0.2) is 42.5 Å². The van der Waals surface area contributed by atoms with Crippen LogP contribution < -0.4 is 24.8 Å². The summed E-state index contributed by atoms with van der Waals surface area (Å²) in [5, 5.41) is 7.87. The molecule has 1 aliphatic heterocycles. The molecule has 7 heteroatoms. The zero-order valence-corrected chi connectivity index (χ0v) is 16.0. The highest BCUT2D eigenvalue weighted by Gasteiger charge is 2.32. The van der Waals surface area contributed by atoms with Crippen molar-refractivity contribution in [3.63, 3.8) is 0 Å². The number of ether oxygens (including phenoxy) is 3. The van der Waals surface area contributed by atoms with Crippen LogP contribution in [0, 0.1) is 0 Å². The van der Waals surface area contributed by atoms with Gasteiger partial charge in [0.05, 0.1) is 33.5 Å². The molecule has 4 rings (SSSR count). The molecule has 0 aliphatic carbocycles. The lowest BCUT2D eigenvalue weighted by Gasteiger charge is -2.16. The van der Waals surface area contributed by atoms with Crippen LogP contribution in [0.25, 0.3) is 10.9 Å². The summed E-state index contributed by atoms with van der Waals surface area (Å²) in [7, 11) is 4.61. The topological polar surface area (TPSA) is 84.6 Å². The summed E-state index contributed by atoms with van der Waals surface area (Å²) >= 11 is 0. The largest absolute Gasteiger partial charge is 0.493 e. The highest BCUT2D eigenvalue weighted by atomic mass is 16.5. The number of H-pyrrole nitrogens is 1. The summed E-state index contributed by atoms with van der Waals surface area (Å²) in [6.45, 7) is 0.523. The van der Waals surface area contributed by atoms with Crippen LogP contribution in [0.3, 0.4) is 0 Å². The molecular weight excluding hydrogens is 358 g/mol. The fourth-order valence-corrected chi connectivity index (χ4v) is 3.60. The lowest BCUT2D eigenvalue weighted by atomic mass is 10.0. The SMILES string of the molecule is COc1cc(C(=O)C2CNC(c3cc4ccccc4[nH]3)N2)cc(OC)c1OC. The van der Waals surface area contributed by atoms with Gasteiger partial charge < -0.3 is 19.2 Å². The van der Waals surface area contributed by atoms with Crippen LogP contribution in [0.1, 0.15) is 22.2 Å². The van der Waals surface area contributed by atoms with Crippen LogP contribution >= 0.6 is 0 Å². The van der Waals surface area contributed by atoms with Gasteiger partial charge in [0.2, 0.25) is 5.75 Å². The Hall–Kier alpha value is -3.03. The molecule has 2 aromatic carbocycles. The molecule has 1 aromatic heterocycles. The highest BCUT2D eigenvalue weighted by molar-refractivity contribution is 6.01. The minimum absolute atomic E-state index is 0.0367. The average molecular weight is 381 g/mol. The molecule has 1 saturated heterocycles. The Morgan fingerprint density at radius 1 is 1.00 bits per heavy atom. The number of nitrogens with one attached hydrogen (secondary N) is 3. The predicted molar refractivity (Wildman–Crippen MR) is 106 cm³/mol. The number of hydrogen-bond acceptors (Lipinski definition) is 6. The van der Waals surface area contributed by atoms with Crippen LogP contribution in [-0.4, -0.2) is 44.7 Å². The summed E-state index contributed by atoms with van der Waals surface area (Å²) in [5.41, 5.74) is 2.58. The monoisotopic (exact) mass is 381 g/mol. The van der Waals surface area contributed by atoms with Crippen molar-refractivity contribution in [1.82, 2.24) is 15.6 Å². The quantitative estimate of drug-likeness (QED) is 0.569. The van der Waals surface area contributed by atoms with Crippen LogP contribution in [-0.2, 0) is 0 Å². The van der Waals surface area contributed by atoms with Crippen molar-refractivity contribution in [3.8, 4) is 17.2 Å². The second kappa shape index (κ2) is 7.53. The van der Waals surface area contributed by atoms with E-state index in [1.165, 1.54) is 21.3 Å². The smallest absolute Gasteiger partial charge is 0.203 e. The third kappa shape index (κ3) is 3.19. The van der Waals surface area contributed by atoms with Crippen molar-refractivity contribution >= 4 is 16.7 Å². The lowest BCUT2D eigenvalue weighted by Crippen LogP contribution is -2.34. The van der Waals surface area contributed by atoms with E-state index in [0.29, 0.717) is 29.4 Å². The number of hydrogen-bond donors (Lipinski definition) is 3. The van der Waals surface area contributed by atoms with Crippen molar-refractivity contribution in [2.45, 2.75) is 12.2 Å². The van der Waals surface area contributed by atoms with E-state index in [-0.39, 0.29) is 18.0 Å². The highest BCUT2D eigenvalue weighted by Crippen LogP contribution is 2.38. The van der Waals surface area contributed by atoms with E-state index in [4.69, 9.17) is 14.2 Å². The summed E-state index contributed by atoms with van der Waals surface area (Å²) < 4.78 is 16.0. The molecule has 2 unspecified atom stereocenters. The molecule has 7 nitrogen and oxygen atoms in total. The van der Waals surface area contributed by atoms with Gasteiger partial charge in [0.25, 0.3) is 0 Å². The molecule has 0 amide bonds. The van der Waals surface area contributed by atoms with Gasteiger partial charge in [0.15, 0.2) is 17.3 Å². The summed E-state index contributed by atoms with van der Waals surface area (Å²) in [6, 6.07) is 13.2. The molecule has 0 saturated carbocycles. The van der Waals surface area contributed by atoms with E-state index in [2.05, 4.69) is 27.8 Å². The van der Waals surface area contributed by atoms with Gasteiger partial charge in [0.1, 0.15) is 0 Å². The van der Waals surface area contributed by atoms with Crippen molar-refractivity contribution in [3.05, 3.63) is 53.7 Å². The van der Waals surface area contributed by atoms with Gasteiger partial charge in [0, 0.05) is 23.3 Å². The molecule has 3 N–H and O–H groups in total. The van der Waals surface area contributed by atoms with Crippen molar-refractivity contribution in [2.75, 3.05) is 27.9 Å². The number of benzene rings is 2. The minimum Gasteiger partial charge on any atom is -0.493 e. The molecule has 0 spiro atoms. The maximum atomic E-state index is 13.1. The number of ketones is 1. The van der Waals surface area contributed by atoms with Gasteiger partial charge in [-0.25, -0.2) is 0 Å². The van der Waals surface area contributed by atoms with Crippen LogP contribution in [0.5, 0.6) is 17.2 Å². The third-order valence-electron chi connectivity index (χ3n) is 5.02. The Labute approximate surface area is 163 Å². The number of aromatic nitrogens is 1.